The van der Waals surface area contributed by atoms with Crippen LogP contribution in [0.4, 0.5) is 5.69 Å². The molecule has 4 nitrogen and oxygen atoms in total. The van der Waals surface area contributed by atoms with E-state index in [1.165, 1.54) is 4.70 Å². The minimum absolute atomic E-state index is 0.0253. The zero-order valence-corrected chi connectivity index (χ0v) is 12.9. The lowest BCUT2D eigenvalue weighted by Crippen LogP contribution is -2.18. The largest absolute Gasteiger partial charge is 0.377 e. The summed E-state index contributed by atoms with van der Waals surface area (Å²) in [7, 11) is 0. The fraction of sp³-hybridized carbons (Fsp3) is 0.250. The van der Waals surface area contributed by atoms with Crippen LogP contribution < -0.4 is 10.9 Å². The highest BCUT2D eigenvalue weighted by Gasteiger charge is 2.08. The van der Waals surface area contributed by atoms with Gasteiger partial charge >= 0.3 is 0 Å². The average Bonchev–Trinajstić information content (AvgIpc) is 2.96. The highest BCUT2D eigenvalue weighted by molar-refractivity contribution is 7.17. The van der Waals surface area contributed by atoms with Crippen molar-refractivity contribution in [3.05, 3.63) is 58.0 Å². The SMILES string of the molecule is CCn1cc(NC(C)c2cnc3ccsc3c2)ccc1=O. The molecular formula is C16H17N3OS. The molecule has 0 aliphatic carbocycles. The number of pyridine rings is 2. The first-order valence-electron chi connectivity index (χ1n) is 6.97. The predicted molar refractivity (Wildman–Crippen MR) is 88.0 cm³/mol. The lowest BCUT2D eigenvalue weighted by Gasteiger charge is -2.16. The molecule has 0 saturated heterocycles. The maximum atomic E-state index is 11.6. The number of hydrogen-bond acceptors (Lipinski definition) is 4. The molecule has 5 heteroatoms. The third-order valence-corrected chi connectivity index (χ3v) is 4.38. The molecule has 1 unspecified atom stereocenters. The molecule has 0 aliphatic heterocycles. The van der Waals surface area contributed by atoms with Gasteiger partial charge in [-0.05, 0) is 43.0 Å². The molecule has 0 aromatic carbocycles. The van der Waals surface area contributed by atoms with Gasteiger partial charge in [-0.2, -0.15) is 0 Å². The highest BCUT2D eigenvalue weighted by Crippen LogP contribution is 2.24. The number of aromatic nitrogens is 2. The summed E-state index contributed by atoms with van der Waals surface area (Å²) in [4.78, 5) is 16.1. The lowest BCUT2D eigenvalue weighted by atomic mass is 10.1. The van der Waals surface area contributed by atoms with E-state index in [1.807, 2.05) is 31.5 Å². The molecule has 1 N–H and O–H groups in total. The van der Waals surface area contributed by atoms with Crippen molar-refractivity contribution in [2.24, 2.45) is 0 Å². The standard InChI is InChI=1S/C16H17N3OS/c1-3-19-10-13(4-5-16(19)20)18-11(2)12-8-15-14(17-9-12)6-7-21-15/h4-11,18H,3H2,1-2H3. The molecule has 0 amide bonds. The smallest absolute Gasteiger partial charge is 0.250 e. The molecule has 21 heavy (non-hydrogen) atoms. The summed E-state index contributed by atoms with van der Waals surface area (Å²) in [6, 6.07) is 7.74. The van der Waals surface area contributed by atoms with Gasteiger partial charge in [0.05, 0.1) is 21.9 Å². The number of anilines is 1. The Balaban J connectivity index is 1.85. The van der Waals surface area contributed by atoms with E-state index in [0.717, 1.165) is 16.8 Å². The molecule has 3 rings (SSSR count). The maximum Gasteiger partial charge on any atom is 0.250 e. The molecule has 0 saturated carbocycles. The molecule has 0 fully saturated rings. The van der Waals surface area contributed by atoms with E-state index in [9.17, 15) is 4.79 Å². The Labute approximate surface area is 127 Å². The monoisotopic (exact) mass is 299 g/mol. The average molecular weight is 299 g/mol. The molecule has 3 aromatic rings. The van der Waals surface area contributed by atoms with Crippen LogP contribution in [0.1, 0.15) is 25.5 Å². The number of nitrogens with one attached hydrogen (secondary N) is 1. The summed E-state index contributed by atoms with van der Waals surface area (Å²) < 4.78 is 2.88. The summed E-state index contributed by atoms with van der Waals surface area (Å²) in [5, 5.41) is 5.47. The van der Waals surface area contributed by atoms with Gasteiger partial charge in [-0.25, -0.2) is 0 Å². The number of aryl methyl sites for hydroxylation is 1. The van der Waals surface area contributed by atoms with Crippen molar-refractivity contribution in [2.75, 3.05) is 5.32 Å². The summed E-state index contributed by atoms with van der Waals surface area (Å²) in [5.41, 5.74) is 3.14. The Morgan fingerprint density at radius 1 is 1.38 bits per heavy atom. The zero-order chi connectivity index (χ0) is 14.8. The van der Waals surface area contributed by atoms with E-state index in [4.69, 9.17) is 0 Å². The Kier molecular flexibility index (Phi) is 3.75. The van der Waals surface area contributed by atoms with E-state index in [0.29, 0.717) is 6.54 Å². The van der Waals surface area contributed by atoms with Gasteiger partial charge in [0.2, 0.25) is 0 Å². The molecule has 0 aliphatic rings. The van der Waals surface area contributed by atoms with E-state index in [2.05, 4.69) is 28.7 Å². The number of thiophene rings is 1. The van der Waals surface area contributed by atoms with Gasteiger partial charge in [-0.3, -0.25) is 9.78 Å². The van der Waals surface area contributed by atoms with Gasteiger partial charge in [-0.15, -0.1) is 11.3 Å². The number of rotatable bonds is 4. The van der Waals surface area contributed by atoms with Gasteiger partial charge in [0.25, 0.3) is 5.56 Å². The second kappa shape index (κ2) is 5.69. The minimum Gasteiger partial charge on any atom is -0.377 e. The van der Waals surface area contributed by atoms with Crippen LogP contribution in [0.2, 0.25) is 0 Å². The van der Waals surface area contributed by atoms with Crippen LogP contribution in [0.25, 0.3) is 10.2 Å². The van der Waals surface area contributed by atoms with Crippen molar-refractivity contribution < 1.29 is 0 Å². The molecule has 0 bridgehead atoms. The van der Waals surface area contributed by atoms with Crippen LogP contribution in [0, 0.1) is 0 Å². The van der Waals surface area contributed by atoms with Gasteiger partial charge in [0.1, 0.15) is 0 Å². The second-order valence-corrected chi connectivity index (χ2v) is 5.93. The van der Waals surface area contributed by atoms with Crippen molar-refractivity contribution in [2.45, 2.75) is 26.4 Å². The van der Waals surface area contributed by atoms with Crippen molar-refractivity contribution >= 4 is 27.2 Å². The Hall–Kier alpha value is -2.14. The van der Waals surface area contributed by atoms with Crippen LogP contribution in [0.15, 0.2) is 46.8 Å². The van der Waals surface area contributed by atoms with E-state index < -0.39 is 0 Å². The van der Waals surface area contributed by atoms with Gasteiger partial charge in [0.15, 0.2) is 0 Å². The first-order valence-corrected chi connectivity index (χ1v) is 7.85. The minimum atomic E-state index is 0.0253. The quantitative estimate of drug-likeness (QED) is 0.800. The van der Waals surface area contributed by atoms with Crippen molar-refractivity contribution in [3.63, 3.8) is 0 Å². The summed E-state index contributed by atoms with van der Waals surface area (Å²) in [6.07, 6.45) is 3.76. The lowest BCUT2D eigenvalue weighted by molar-refractivity contribution is 0.725. The van der Waals surface area contributed by atoms with Crippen LogP contribution in [0.3, 0.4) is 0 Å². The molecule has 3 aromatic heterocycles. The molecule has 3 heterocycles. The van der Waals surface area contributed by atoms with Crippen LogP contribution >= 0.6 is 11.3 Å². The second-order valence-electron chi connectivity index (χ2n) is 4.98. The Morgan fingerprint density at radius 3 is 3.05 bits per heavy atom. The van der Waals surface area contributed by atoms with Crippen molar-refractivity contribution in [3.8, 4) is 0 Å². The van der Waals surface area contributed by atoms with E-state index in [1.54, 1.807) is 22.0 Å². The maximum absolute atomic E-state index is 11.6. The predicted octanol–water partition coefficient (Wildman–Crippen LogP) is 3.65. The molecule has 1 atom stereocenters. The van der Waals surface area contributed by atoms with Crippen LogP contribution in [-0.2, 0) is 6.54 Å². The molecule has 0 spiro atoms. The number of nitrogens with zero attached hydrogens (tertiary/aromatic N) is 2. The normalized spacial score (nSPS) is 12.5. The van der Waals surface area contributed by atoms with Gasteiger partial charge in [0, 0.05) is 25.0 Å². The Morgan fingerprint density at radius 2 is 2.24 bits per heavy atom. The summed E-state index contributed by atoms with van der Waals surface area (Å²) in [6.45, 7) is 4.73. The first kappa shape index (κ1) is 13.8. The van der Waals surface area contributed by atoms with Crippen LogP contribution in [-0.4, -0.2) is 9.55 Å². The fourth-order valence-corrected chi connectivity index (χ4v) is 3.08. The molecule has 0 radical (unpaired) electrons. The van der Waals surface area contributed by atoms with Crippen molar-refractivity contribution in [1.29, 1.82) is 0 Å². The van der Waals surface area contributed by atoms with Gasteiger partial charge in [-0.1, -0.05) is 0 Å². The fourth-order valence-electron chi connectivity index (χ4n) is 2.30. The highest BCUT2D eigenvalue weighted by atomic mass is 32.1. The first-order chi connectivity index (χ1) is 10.2. The molecular weight excluding hydrogens is 282 g/mol. The zero-order valence-electron chi connectivity index (χ0n) is 12.0. The Bertz CT molecular complexity index is 822. The van der Waals surface area contributed by atoms with Gasteiger partial charge < -0.3 is 9.88 Å². The summed E-state index contributed by atoms with van der Waals surface area (Å²) >= 11 is 1.70. The van der Waals surface area contributed by atoms with E-state index >= 15 is 0 Å². The number of hydrogen-bond donors (Lipinski definition) is 1. The third kappa shape index (κ3) is 2.83. The van der Waals surface area contributed by atoms with Crippen LogP contribution in [0.5, 0.6) is 0 Å². The third-order valence-electron chi connectivity index (χ3n) is 3.53. The number of fused-ring (bicyclic) bond motifs is 1. The van der Waals surface area contributed by atoms with Crippen molar-refractivity contribution in [1.82, 2.24) is 9.55 Å². The topological polar surface area (TPSA) is 46.9 Å². The van der Waals surface area contributed by atoms with E-state index in [-0.39, 0.29) is 11.6 Å². The molecule has 108 valence electrons. The summed E-state index contributed by atoms with van der Waals surface area (Å²) in [5.74, 6) is 0.